The standard InChI is InChI=1S/C12H17NO3S/c1-14-11-3-2-9(4-5-15-13)6-12(11)16-10-7-17-8-10/h2-3,6,10H,4-5,7-8,13H2,1H3. The maximum absolute atomic E-state index is 5.88. The largest absolute Gasteiger partial charge is 0.493 e. The lowest BCUT2D eigenvalue weighted by Gasteiger charge is -2.26. The zero-order valence-electron chi connectivity index (χ0n) is 9.85. The SMILES string of the molecule is COc1ccc(CCON)cc1OC1CSC1. The van der Waals surface area contributed by atoms with Crippen LogP contribution in [0, 0.1) is 0 Å². The van der Waals surface area contributed by atoms with Crippen LogP contribution in [0.25, 0.3) is 0 Å². The molecule has 94 valence electrons. The van der Waals surface area contributed by atoms with E-state index in [1.54, 1.807) is 7.11 Å². The Labute approximate surface area is 105 Å². The number of ether oxygens (including phenoxy) is 2. The number of benzene rings is 1. The van der Waals surface area contributed by atoms with Crippen molar-refractivity contribution in [2.45, 2.75) is 12.5 Å². The lowest BCUT2D eigenvalue weighted by molar-refractivity contribution is 0.141. The molecule has 0 aromatic heterocycles. The normalized spacial score (nSPS) is 15.4. The van der Waals surface area contributed by atoms with Crippen LogP contribution >= 0.6 is 11.8 Å². The van der Waals surface area contributed by atoms with Crippen molar-refractivity contribution in [2.75, 3.05) is 25.2 Å². The minimum Gasteiger partial charge on any atom is -0.493 e. The lowest BCUT2D eigenvalue weighted by atomic mass is 10.1. The quantitative estimate of drug-likeness (QED) is 0.783. The molecule has 0 spiro atoms. The molecule has 0 unspecified atom stereocenters. The smallest absolute Gasteiger partial charge is 0.161 e. The monoisotopic (exact) mass is 255 g/mol. The van der Waals surface area contributed by atoms with Crippen molar-refractivity contribution in [3.05, 3.63) is 23.8 Å². The predicted octanol–water partition coefficient (Wildman–Crippen LogP) is 1.62. The van der Waals surface area contributed by atoms with Crippen LogP contribution in [0.2, 0.25) is 0 Å². The summed E-state index contributed by atoms with van der Waals surface area (Å²) < 4.78 is 11.2. The molecule has 0 amide bonds. The van der Waals surface area contributed by atoms with Gasteiger partial charge in [-0.15, -0.1) is 0 Å². The minimum atomic E-state index is 0.315. The van der Waals surface area contributed by atoms with Crippen LogP contribution in [0.15, 0.2) is 18.2 Å². The van der Waals surface area contributed by atoms with Crippen LogP contribution < -0.4 is 15.4 Å². The molecule has 1 saturated heterocycles. The Hall–Kier alpha value is -0.910. The number of rotatable bonds is 6. The van der Waals surface area contributed by atoms with Crippen molar-refractivity contribution in [1.29, 1.82) is 0 Å². The number of nitrogens with two attached hydrogens (primary N) is 1. The molecule has 1 aliphatic rings. The Bertz CT molecular complexity index is 369. The molecule has 1 aliphatic heterocycles. The van der Waals surface area contributed by atoms with Crippen molar-refractivity contribution in [3.63, 3.8) is 0 Å². The number of hydrogen-bond donors (Lipinski definition) is 1. The van der Waals surface area contributed by atoms with Gasteiger partial charge in [-0.2, -0.15) is 11.8 Å². The Balaban J connectivity index is 2.07. The average Bonchev–Trinajstić information content (AvgIpc) is 2.31. The topological polar surface area (TPSA) is 53.7 Å². The number of hydrogen-bond acceptors (Lipinski definition) is 5. The highest BCUT2D eigenvalue weighted by atomic mass is 32.2. The zero-order valence-corrected chi connectivity index (χ0v) is 10.7. The van der Waals surface area contributed by atoms with Gasteiger partial charge in [0.05, 0.1) is 13.7 Å². The Morgan fingerprint density at radius 3 is 2.76 bits per heavy atom. The fraction of sp³-hybridized carbons (Fsp3) is 0.500. The number of thioether (sulfide) groups is 1. The van der Waals surface area contributed by atoms with Crippen LogP contribution in [-0.4, -0.2) is 31.3 Å². The molecule has 2 rings (SSSR count). The van der Waals surface area contributed by atoms with E-state index in [-0.39, 0.29) is 0 Å². The fourth-order valence-corrected chi connectivity index (χ4v) is 2.17. The second-order valence-electron chi connectivity index (χ2n) is 3.88. The summed E-state index contributed by atoms with van der Waals surface area (Å²) in [6.45, 7) is 0.505. The molecule has 0 atom stereocenters. The molecule has 4 nitrogen and oxygen atoms in total. The summed E-state index contributed by atoms with van der Waals surface area (Å²) in [4.78, 5) is 4.58. The molecule has 0 aliphatic carbocycles. The van der Waals surface area contributed by atoms with Crippen molar-refractivity contribution in [2.24, 2.45) is 5.90 Å². The fourth-order valence-electron chi connectivity index (χ4n) is 1.61. The van der Waals surface area contributed by atoms with Crippen LogP contribution in [-0.2, 0) is 11.3 Å². The first-order valence-electron chi connectivity index (χ1n) is 5.56. The maximum Gasteiger partial charge on any atom is 0.161 e. The molecular weight excluding hydrogens is 238 g/mol. The van der Waals surface area contributed by atoms with E-state index in [2.05, 4.69) is 4.84 Å². The van der Waals surface area contributed by atoms with Gasteiger partial charge in [0, 0.05) is 11.5 Å². The van der Waals surface area contributed by atoms with Crippen LogP contribution in [0.5, 0.6) is 11.5 Å². The van der Waals surface area contributed by atoms with Gasteiger partial charge in [0.15, 0.2) is 11.5 Å². The Morgan fingerprint density at radius 1 is 1.35 bits per heavy atom. The summed E-state index contributed by atoms with van der Waals surface area (Å²) in [5.74, 6) is 8.72. The second-order valence-corrected chi connectivity index (χ2v) is 4.96. The van der Waals surface area contributed by atoms with Crippen molar-refractivity contribution in [1.82, 2.24) is 0 Å². The van der Waals surface area contributed by atoms with Gasteiger partial charge in [-0.05, 0) is 24.1 Å². The van der Waals surface area contributed by atoms with Crippen LogP contribution in [0.1, 0.15) is 5.56 Å². The van der Waals surface area contributed by atoms with Gasteiger partial charge in [0.2, 0.25) is 0 Å². The third kappa shape index (κ3) is 3.28. The highest BCUT2D eigenvalue weighted by molar-refractivity contribution is 8.00. The molecule has 1 aromatic rings. The molecule has 0 saturated carbocycles. The third-order valence-corrected chi connectivity index (χ3v) is 3.85. The molecule has 1 aromatic carbocycles. The van der Waals surface area contributed by atoms with E-state index >= 15 is 0 Å². The van der Waals surface area contributed by atoms with E-state index < -0.39 is 0 Å². The molecular formula is C12H17NO3S. The molecule has 1 fully saturated rings. The van der Waals surface area contributed by atoms with Crippen molar-refractivity contribution < 1.29 is 14.3 Å². The Morgan fingerprint density at radius 2 is 2.18 bits per heavy atom. The highest BCUT2D eigenvalue weighted by Gasteiger charge is 2.21. The molecule has 17 heavy (non-hydrogen) atoms. The summed E-state index contributed by atoms with van der Waals surface area (Å²) in [5.41, 5.74) is 1.14. The first-order chi connectivity index (χ1) is 8.33. The van der Waals surface area contributed by atoms with Gasteiger partial charge in [0.25, 0.3) is 0 Å². The second kappa shape index (κ2) is 6.14. The van der Waals surface area contributed by atoms with Crippen molar-refractivity contribution >= 4 is 11.8 Å². The van der Waals surface area contributed by atoms with Gasteiger partial charge in [0.1, 0.15) is 6.10 Å². The molecule has 0 bridgehead atoms. The van der Waals surface area contributed by atoms with Crippen LogP contribution in [0.4, 0.5) is 0 Å². The van der Waals surface area contributed by atoms with Gasteiger partial charge in [-0.1, -0.05) is 6.07 Å². The summed E-state index contributed by atoms with van der Waals surface area (Å²) >= 11 is 1.89. The summed E-state index contributed by atoms with van der Waals surface area (Å²) in [6, 6.07) is 5.92. The number of methoxy groups -OCH3 is 1. The van der Waals surface area contributed by atoms with Gasteiger partial charge < -0.3 is 14.3 Å². The molecule has 0 radical (unpaired) electrons. The van der Waals surface area contributed by atoms with E-state index in [1.807, 2.05) is 30.0 Å². The summed E-state index contributed by atoms with van der Waals surface area (Å²) in [5, 5.41) is 0. The van der Waals surface area contributed by atoms with E-state index in [0.29, 0.717) is 12.7 Å². The van der Waals surface area contributed by atoms with E-state index in [1.165, 1.54) is 0 Å². The summed E-state index contributed by atoms with van der Waals surface area (Å²) in [7, 11) is 1.65. The third-order valence-electron chi connectivity index (χ3n) is 2.64. The predicted molar refractivity (Wildman–Crippen MR) is 68.6 cm³/mol. The van der Waals surface area contributed by atoms with Crippen molar-refractivity contribution in [3.8, 4) is 11.5 Å². The minimum absolute atomic E-state index is 0.315. The van der Waals surface area contributed by atoms with E-state index in [0.717, 1.165) is 35.0 Å². The Kier molecular flexibility index (Phi) is 4.53. The van der Waals surface area contributed by atoms with Gasteiger partial charge in [-0.25, -0.2) is 5.90 Å². The first kappa shape index (κ1) is 12.5. The summed E-state index contributed by atoms with van der Waals surface area (Å²) in [6.07, 6.45) is 1.09. The molecule has 2 N–H and O–H groups in total. The lowest BCUT2D eigenvalue weighted by Crippen LogP contribution is -2.31. The molecule has 1 heterocycles. The highest BCUT2D eigenvalue weighted by Crippen LogP contribution is 2.32. The zero-order chi connectivity index (χ0) is 12.1. The first-order valence-corrected chi connectivity index (χ1v) is 6.72. The van der Waals surface area contributed by atoms with Gasteiger partial charge >= 0.3 is 0 Å². The van der Waals surface area contributed by atoms with Gasteiger partial charge in [-0.3, -0.25) is 0 Å². The van der Waals surface area contributed by atoms with E-state index in [9.17, 15) is 0 Å². The maximum atomic E-state index is 5.88. The van der Waals surface area contributed by atoms with E-state index in [4.69, 9.17) is 15.4 Å². The molecule has 5 heteroatoms. The van der Waals surface area contributed by atoms with Crippen LogP contribution in [0.3, 0.4) is 0 Å². The average molecular weight is 255 g/mol.